The Morgan fingerprint density at radius 1 is 0.912 bits per heavy atom. The van der Waals surface area contributed by atoms with Gasteiger partial charge in [-0.3, -0.25) is 9.99 Å². The Hall–Kier alpha value is -3.08. The molecule has 0 saturated heterocycles. The van der Waals surface area contributed by atoms with Crippen LogP contribution in [0.15, 0.2) is 70.9 Å². The maximum atomic E-state index is 14.5. The maximum Gasteiger partial charge on any atom is 0.459 e. The molecule has 34 heavy (non-hydrogen) atoms. The number of pyridine rings is 1. The van der Waals surface area contributed by atoms with Crippen molar-refractivity contribution in [3.8, 4) is 11.1 Å². The van der Waals surface area contributed by atoms with Crippen LogP contribution in [0.1, 0.15) is 18.0 Å². The van der Waals surface area contributed by atoms with Crippen molar-refractivity contribution in [2.75, 3.05) is 11.3 Å². The van der Waals surface area contributed by atoms with Gasteiger partial charge in [0.2, 0.25) is 0 Å². The number of anilines is 1. The predicted octanol–water partition coefficient (Wildman–Crippen LogP) is 7.25. The Morgan fingerprint density at radius 2 is 1.62 bits per heavy atom. The molecule has 2 aromatic carbocycles. The van der Waals surface area contributed by atoms with Crippen LogP contribution in [0, 0.1) is 11.6 Å². The second kappa shape index (κ2) is 8.94. The van der Waals surface area contributed by atoms with E-state index in [0.29, 0.717) is 11.6 Å². The molecule has 0 bridgehead atoms. The predicted molar refractivity (Wildman–Crippen MR) is 116 cm³/mol. The topological polar surface area (TPSA) is 28.5 Å². The van der Waals surface area contributed by atoms with Gasteiger partial charge in [-0.2, -0.15) is 27.1 Å². The first-order chi connectivity index (χ1) is 16.0. The van der Waals surface area contributed by atoms with Gasteiger partial charge in [-0.05, 0) is 47.7 Å². The molecule has 0 fully saturated rings. The standard InChI is InChI=1S/C23H16F7N3S/c1-34-17-5-2-13(3-6-17)14-8-15(12-31-11-14)20-10-21(22(26,27)23(28,29)30)32-33(20)19-7-4-16(24)9-18(19)25/h2-9,11-12,20H,10H2,1H3. The van der Waals surface area contributed by atoms with E-state index in [0.717, 1.165) is 27.6 Å². The molecule has 0 radical (unpaired) electrons. The van der Waals surface area contributed by atoms with Gasteiger partial charge in [-0.15, -0.1) is 11.8 Å². The molecule has 0 saturated carbocycles. The highest BCUT2D eigenvalue weighted by Crippen LogP contribution is 2.45. The fourth-order valence-electron chi connectivity index (χ4n) is 3.59. The van der Waals surface area contributed by atoms with Crippen LogP contribution < -0.4 is 5.01 Å². The number of hydrogen-bond donors (Lipinski definition) is 0. The van der Waals surface area contributed by atoms with Crippen molar-refractivity contribution in [1.29, 1.82) is 0 Å². The minimum absolute atomic E-state index is 0.242. The Balaban J connectivity index is 1.77. The van der Waals surface area contributed by atoms with Crippen molar-refractivity contribution in [2.45, 2.75) is 29.5 Å². The van der Waals surface area contributed by atoms with Crippen LogP contribution in [-0.4, -0.2) is 29.1 Å². The summed E-state index contributed by atoms with van der Waals surface area (Å²) >= 11 is 1.54. The summed E-state index contributed by atoms with van der Waals surface area (Å²) in [6.07, 6.45) is -1.99. The Bertz CT molecular complexity index is 1230. The van der Waals surface area contributed by atoms with E-state index in [4.69, 9.17) is 0 Å². The molecule has 2 heterocycles. The van der Waals surface area contributed by atoms with Gasteiger partial charge in [0.25, 0.3) is 0 Å². The SMILES string of the molecule is CSc1ccc(-c2cncc(C3CC(C(F)(F)C(F)(F)F)=NN3c3ccc(F)cc3F)c2)cc1. The molecule has 0 amide bonds. The summed E-state index contributed by atoms with van der Waals surface area (Å²) in [5.41, 5.74) is -0.336. The van der Waals surface area contributed by atoms with Gasteiger partial charge in [-0.1, -0.05) is 12.1 Å². The quantitative estimate of drug-likeness (QED) is 0.273. The number of alkyl halides is 5. The number of aromatic nitrogens is 1. The number of rotatable bonds is 5. The highest BCUT2D eigenvalue weighted by Gasteiger charge is 2.63. The highest BCUT2D eigenvalue weighted by molar-refractivity contribution is 7.98. The molecule has 178 valence electrons. The molecule has 1 atom stereocenters. The van der Waals surface area contributed by atoms with E-state index >= 15 is 0 Å². The number of thioether (sulfide) groups is 1. The number of hydrogen-bond acceptors (Lipinski definition) is 4. The van der Waals surface area contributed by atoms with Crippen molar-refractivity contribution in [1.82, 2.24) is 4.98 Å². The number of benzene rings is 2. The molecule has 4 rings (SSSR count). The smallest absolute Gasteiger partial charge is 0.264 e. The van der Waals surface area contributed by atoms with E-state index in [1.54, 1.807) is 6.07 Å². The first kappa shape index (κ1) is 24.1. The van der Waals surface area contributed by atoms with Crippen molar-refractivity contribution in [3.63, 3.8) is 0 Å². The summed E-state index contributed by atoms with van der Waals surface area (Å²) in [6.45, 7) is 0. The summed E-state index contributed by atoms with van der Waals surface area (Å²) in [5.74, 6) is -7.31. The van der Waals surface area contributed by atoms with Gasteiger partial charge < -0.3 is 0 Å². The number of halogens is 7. The third kappa shape index (κ3) is 4.48. The lowest BCUT2D eigenvalue weighted by Crippen LogP contribution is -2.43. The average Bonchev–Trinajstić information content (AvgIpc) is 3.24. The molecule has 3 aromatic rings. The fourth-order valence-corrected chi connectivity index (χ4v) is 4.00. The van der Waals surface area contributed by atoms with E-state index in [1.165, 1.54) is 24.2 Å². The van der Waals surface area contributed by atoms with Gasteiger partial charge in [0.15, 0.2) is 5.82 Å². The Kier molecular flexibility index (Phi) is 6.32. The molecule has 1 aliphatic rings. The molecule has 3 nitrogen and oxygen atoms in total. The van der Waals surface area contributed by atoms with Crippen LogP contribution in [0.25, 0.3) is 11.1 Å². The van der Waals surface area contributed by atoms with Crippen molar-refractivity contribution in [2.24, 2.45) is 5.10 Å². The summed E-state index contributed by atoms with van der Waals surface area (Å²) < 4.78 is 95.3. The van der Waals surface area contributed by atoms with Crippen LogP contribution in [0.4, 0.5) is 36.4 Å². The zero-order valence-corrected chi connectivity index (χ0v) is 18.3. The Morgan fingerprint density at radius 3 is 2.24 bits per heavy atom. The lowest BCUT2D eigenvalue weighted by molar-refractivity contribution is -0.249. The third-order valence-corrected chi connectivity index (χ3v) is 6.10. The molecule has 1 aromatic heterocycles. The summed E-state index contributed by atoms with van der Waals surface area (Å²) in [5, 5.41) is 4.18. The lowest BCUT2D eigenvalue weighted by atomic mass is 9.97. The zero-order valence-electron chi connectivity index (χ0n) is 17.5. The van der Waals surface area contributed by atoms with Gasteiger partial charge in [0, 0.05) is 35.3 Å². The lowest BCUT2D eigenvalue weighted by Gasteiger charge is -2.24. The van der Waals surface area contributed by atoms with Crippen LogP contribution in [0.5, 0.6) is 0 Å². The van der Waals surface area contributed by atoms with Gasteiger partial charge in [-0.25, -0.2) is 8.78 Å². The third-order valence-electron chi connectivity index (χ3n) is 5.35. The summed E-state index contributed by atoms with van der Waals surface area (Å²) in [6, 6.07) is 10.0. The Labute approximate surface area is 194 Å². The molecule has 0 N–H and O–H groups in total. The molecule has 1 aliphatic heterocycles. The second-order valence-corrected chi connectivity index (χ2v) is 8.39. The largest absolute Gasteiger partial charge is 0.459 e. The van der Waals surface area contributed by atoms with Crippen molar-refractivity contribution >= 4 is 23.2 Å². The number of nitrogens with zero attached hydrogens (tertiary/aromatic N) is 3. The summed E-state index contributed by atoms with van der Waals surface area (Å²) in [4.78, 5) is 5.11. The van der Waals surface area contributed by atoms with E-state index in [-0.39, 0.29) is 5.56 Å². The van der Waals surface area contributed by atoms with E-state index in [9.17, 15) is 30.7 Å². The van der Waals surface area contributed by atoms with E-state index in [1.807, 2.05) is 30.5 Å². The highest BCUT2D eigenvalue weighted by atomic mass is 32.2. The van der Waals surface area contributed by atoms with Crippen molar-refractivity contribution < 1.29 is 30.7 Å². The second-order valence-electron chi connectivity index (χ2n) is 7.51. The van der Waals surface area contributed by atoms with Gasteiger partial charge >= 0.3 is 12.1 Å². The molecule has 0 aliphatic carbocycles. The van der Waals surface area contributed by atoms with Gasteiger partial charge in [0.1, 0.15) is 11.5 Å². The van der Waals surface area contributed by atoms with Crippen LogP contribution in [0.2, 0.25) is 0 Å². The molecule has 1 unspecified atom stereocenters. The first-order valence-electron chi connectivity index (χ1n) is 9.87. The minimum atomic E-state index is -5.88. The van der Waals surface area contributed by atoms with Crippen LogP contribution in [0.3, 0.4) is 0 Å². The van der Waals surface area contributed by atoms with Crippen LogP contribution >= 0.6 is 11.8 Å². The molecular formula is C23H16F7N3S. The zero-order chi connectivity index (χ0) is 24.7. The molecule has 0 spiro atoms. The van der Waals surface area contributed by atoms with E-state index in [2.05, 4.69) is 10.1 Å². The molecule has 11 heteroatoms. The maximum absolute atomic E-state index is 14.5. The fraction of sp³-hybridized carbons (Fsp3) is 0.217. The van der Waals surface area contributed by atoms with Gasteiger partial charge in [0.05, 0.1) is 11.7 Å². The van der Waals surface area contributed by atoms with Crippen molar-refractivity contribution in [3.05, 3.63) is 78.1 Å². The van der Waals surface area contributed by atoms with Crippen LogP contribution in [-0.2, 0) is 0 Å². The normalized spacial score (nSPS) is 16.6. The van der Waals surface area contributed by atoms with E-state index < -0.39 is 47.6 Å². The first-order valence-corrected chi connectivity index (χ1v) is 11.1. The summed E-state index contributed by atoms with van der Waals surface area (Å²) in [7, 11) is 0. The number of hydrazone groups is 1. The molecular weight excluding hydrogens is 483 g/mol. The minimum Gasteiger partial charge on any atom is -0.264 e. The average molecular weight is 499 g/mol. The monoisotopic (exact) mass is 499 g/mol.